The number of fused-ring (bicyclic) bond motifs is 1. The molecule has 1 aliphatic rings. The molecule has 108 valence electrons. The Morgan fingerprint density at radius 1 is 1.38 bits per heavy atom. The summed E-state index contributed by atoms with van der Waals surface area (Å²) < 4.78 is 0. The third kappa shape index (κ3) is 2.81. The Morgan fingerprint density at radius 3 is 3.10 bits per heavy atom. The standard InChI is InChI=1S/C17H18N2O2/c20-12-15-7-3-11-19(15)16(21)9-8-14-5-1-4-13-6-2-10-18-17(13)14/h1-2,4-6,8-10,15,20H,3,7,11-12H2/b9-8+/t15-/m1/s1. The van der Waals surface area contributed by atoms with Crippen molar-refractivity contribution in [3.8, 4) is 0 Å². The van der Waals surface area contributed by atoms with Crippen LogP contribution < -0.4 is 0 Å². The molecule has 1 atom stereocenters. The van der Waals surface area contributed by atoms with E-state index >= 15 is 0 Å². The van der Waals surface area contributed by atoms with Gasteiger partial charge in [-0.2, -0.15) is 0 Å². The minimum absolute atomic E-state index is 0.0345. The molecular weight excluding hydrogens is 264 g/mol. The number of aromatic nitrogens is 1. The van der Waals surface area contributed by atoms with E-state index < -0.39 is 0 Å². The Labute approximate surface area is 123 Å². The maximum absolute atomic E-state index is 12.2. The number of carbonyl (C=O) groups excluding carboxylic acids is 1. The molecule has 1 aromatic heterocycles. The third-order valence-corrected chi connectivity index (χ3v) is 3.94. The van der Waals surface area contributed by atoms with Gasteiger partial charge in [0, 0.05) is 29.8 Å². The minimum Gasteiger partial charge on any atom is -0.394 e. The summed E-state index contributed by atoms with van der Waals surface area (Å²) in [5, 5.41) is 10.3. The van der Waals surface area contributed by atoms with Crippen LogP contribution in [0.4, 0.5) is 0 Å². The van der Waals surface area contributed by atoms with Crippen LogP contribution in [-0.2, 0) is 4.79 Å². The van der Waals surface area contributed by atoms with E-state index in [4.69, 9.17) is 0 Å². The fraction of sp³-hybridized carbons (Fsp3) is 0.294. The van der Waals surface area contributed by atoms with E-state index in [1.165, 1.54) is 0 Å². The number of nitrogens with zero attached hydrogens (tertiary/aromatic N) is 2. The quantitative estimate of drug-likeness (QED) is 0.878. The van der Waals surface area contributed by atoms with Crippen molar-refractivity contribution < 1.29 is 9.90 Å². The van der Waals surface area contributed by atoms with E-state index in [0.717, 1.165) is 35.9 Å². The molecule has 1 aromatic carbocycles. The average Bonchev–Trinajstić information content (AvgIpc) is 3.01. The van der Waals surface area contributed by atoms with E-state index in [0.29, 0.717) is 0 Å². The number of carbonyl (C=O) groups is 1. The summed E-state index contributed by atoms with van der Waals surface area (Å²) >= 11 is 0. The number of likely N-dealkylation sites (tertiary alicyclic amines) is 1. The summed E-state index contributed by atoms with van der Waals surface area (Å²) in [4.78, 5) is 18.3. The first kappa shape index (κ1) is 13.8. The average molecular weight is 282 g/mol. The fourth-order valence-corrected chi connectivity index (χ4v) is 2.83. The van der Waals surface area contributed by atoms with Gasteiger partial charge < -0.3 is 10.0 Å². The first-order valence-electron chi connectivity index (χ1n) is 7.23. The zero-order valence-corrected chi connectivity index (χ0v) is 11.8. The normalized spacial score (nSPS) is 18.7. The third-order valence-electron chi connectivity index (χ3n) is 3.94. The second kappa shape index (κ2) is 6.06. The maximum Gasteiger partial charge on any atom is 0.246 e. The molecule has 0 bridgehead atoms. The number of aliphatic hydroxyl groups is 1. The second-order valence-electron chi connectivity index (χ2n) is 5.27. The van der Waals surface area contributed by atoms with E-state index in [1.54, 1.807) is 17.2 Å². The van der Waals surface area contributed by atoms with Gasteiger partial charge in [0.15, 0.2) is 0 Å². The topological polar surface area (TPSA) is 53.4 Å². The van der Waals surface area contributed by atoms with Crippen molar-refractivity contribution in [3.05, 3.63) is 48.2 Å². The van der Waals surface area contributed by atoms with Crippen LogP contribution in [0.25, 0.3) is 17.0 Å². The Balaban J connectivity index is 1.83. The molecule has 4 nitrogen and oxygen atoms in total. The van der Waals surface area contributed by atoms with Gasteiger partial charge in [0.05, 0.1) is 18.2 Å². The molecule has 2 heterocycles. The molecule has 1 aliphatic heterocycles. The van der Waals surface area contributed by atoms with Crippen molar-refractivity contribution in [1.29, 1.82) is 0 Å². The molecule has 0 saturated carbocycles. The van der Waals surface area contributed by atoms with Crippen molar-refractivity contribution in [1.82, 2.24) is 9.88 Å². The summed E-state index contributed by atoms with van der Waals surface area (Å²) in [7, 11) is 0. The molecule has 0 unspecified atom stereocenters. The largest absolute Gasteiger partial charge is 0.394 e. The Hall–Kier alpha value is -2.20. The van der Waals surface area contributed by atoms with E-state index in [1.807, 2.05) is 36.4 Å². The van der Waals surface area contributed by atoms with Gasteiger partial charge in [0.1, 0.15) is 0 Å². The van der Waals surface area contributed by atoms with Crippen LogP contribution in [0.2, 0.25) is 0 Å². The number of hydrogen-bond donors (Lipinski definition) is 1. The van der Waals surface area contributed by atoms with Gasteiger partial charge in [0.25, 0.3) is 0 Å². The molecule has 1 amide bonds. The van der Waals surface area contributed by atoms with Crippen LogP contribution in [-0.4, -0.2) is 40.1 Å². The zero-order valence-electron chi connectivity index (χ0n) is 11.8. The Morgan fingerprint density at radius 2 is 2.24 bits per heavy atom. The molecule has 1 fully saturated rings. The highest BCUT2D eigenvalue weighted by Gasteiger charge is 2.26. The number of amides is 1. The van der Waals surface area contributed by atoms with Crippen molar-refractivity contribution in [2.45, 2.75) is 18.9 Å². The minimum atomic E-state index is -0.0421. The van der Waals surface area contributed by atoms with E-state index in [-0.39, 0.29) is 18.6 Å². The summed E-state index contributed by atoms with van der Waals surface area (Å²) in [5.41, 5.74) is 1.82. The molecule has 21 heavy (non-hydrogen) atoms. The first-order chi connectivity index (χ1) is 10.3. The SMILES string of the molecule is O=C(/C=C/c1cccc2cccnc12)N1CCC[C@@H]1CO. The van der Waals surface area contributed by atoms with Crippen LogP contribution in [0.15, 0.2) is 42.6 Å². The predicted molar refractivity (Wildman–Crippen MR) is 82.6 cm³/mol. The van der Waals surface area contributed by atoms with Crippen molar-refractivity contribution in [2.75, 3.05) is 13.2 Å². The highest BCUT2D eigenvalue weighted by Crippen LogP contribution is 2.19. The van der Waals surface area contributed by atoms with Gasteiger partial charge in [0.2, 0.25) is 5.91 Å². The van der Waals surface area contributed by atoms with E-state index in [9.17, 15) is 9.90 Å². The van der Waals surface area contributed by atoms with Crippen LogP contribution in [0, 0.1) is 0 Å². The van der Waals surface area contributed by atoms with Crippen molar-refractivity contribution >= 4 is 22.9 Å². The lowest BCUT2D eigenvalue weighted by molar-refractivity contribution is -0.127. The van der Waals surface area contributed by atoms with Gasteiger partial charge in [-0.05, 0) is 25.0 Å². The van der Waals surface area contributed by atoms with E-state index in [2.05, 4.69) is 4.98 Å². The van der Waals surface area contributed by atoms with Gasteiger partial charge in [-0.25, -0.2) is 0 Å². The highest BCUT2D eigenvalue weighted by molar-refractivity contribution is 5.95. The Kier molecular flexibility index (Phi) is 3.97. The summed E-state index contributed by atoms with van der Waals surface area (Å²) in [5.74, 6) is -0.0421. The molecule has 0 radical (unpaired) electrons. The molecule has 3 rings (SSSR count). The summed E-state index contributed by atoms with van der Waals surface area (Å²) in [6.07, 6.45) is 6.98. The molecule has 1 N–H and O–H groups in total. The smallest absolute Gasteiger partial charge is 0.246 e. The first-order valence-corrected chi connectivity index (χ1v) is 7.23. The van der Waals surface area contributed by atoms with Crippen LogP contribution in [0.5, 0.6) is 0 Å². The lowest BCUT2D eigenvalue weighted by Gasteiger charge is -2.21. The molecule has 0 spiro atoms. The van der Waals surface area contributed by atoms with Gasteiger partial charge >= 0.3 is 0 Å². The monoisotopic (exact) mass is 282 g/mol. The van der Waals surface area contributed by atoms with Gasteiger partial charge in [-0.1, -0.05) is 24.3 Å². The lowest BCUT2D eigenvalue weighted by atomic mass is 10.1. The second-order valence-corrected chi connectivity index (χ2v) is 5.27. The van der Waals surface area contributed by atoms with Gasteiger partial charge in [-0.3, -0.25) is 9.78 Å². The Bertz CT molecular complexity index is 676. The predicted octanol–water partition coefficient (Wildman–Crippen LogP) is 2.23. The molecular formula is C17H18N2O2. The molecule has 2 aromatic rings. The van der Waals surface area contributed by atoms with Crippen LogP contribution >= 0.6 is 0 Å². The van der Waals surface area contributed by atoms with Crippen LogP contribution in [0.3, 0.4) is 0 Å². The molecule has 1 saturated heterocycles. The molecule has 0 aliphatic carbocycles. The number of hydrogen-bond acceptors (Lipinski definition) is 3. The summed E-state index contributed by atoms with van der Waals surface area (Å²) in [6.45, 7) is 0.761. The molecule has 4 heteroatoms. The number of benzene rings is 1. The van der Waals surface area contributed by atoms with Gasteiger partial charge in [-0.15, -0.1) is 0 Å². The number of aliphatic hydroxyl groups excluding tert-OH is 1. The summed E-state index contributed by atoms with van der Waals surface area (Å²) in [6, 6.07) is 9.78. The van der Waals surface area contributed by atoms with Crippen molar-refractivity contribution in [2.24, 2.45) is 0 Å². The zero-order chi connectivity index (χ0) is 14.7. The highest BCUT2D eigenvalue weighted by atomic mass is 16.3. The number of pyridine rings is 1. The number of rotatable bonds is 3. The van der Waals surface area contributed by atoms with Crippen LogP contribution in [0.1, 0.15) is 18.4 Å². The van der Waals surface area contributed by atoms with Crippen molar-refractivity contribution in [3.63, 3.8) is 0 Å². The number of para-hydroxylation sites is 1. The lowest BCUT2D eigenvalue weighted by Crippen LogP contribution is -2.36. The maximum atomic E-state index is 12.2. The fourth-order valence-electron chi connectivity index (χ4n) is 2.83.